The third kappa shape index (κ3) is 2.08. The normalized spacial score (nSPS) is 10.4. The highest BCUT2D eigenvalue weighted by Crippen LogP contribution is 2.26. The molecule has 2 aromatic rings. The number of hydrogen-bond acceptors (Lipinski definition) is 3. The molecular weight excluding hydrogens is 254 g/mol. The molecule has 0 aliphatic heterocycles. The lowest BCUT2D eigenvalue weighted by atomic mass is 10.2. The highest BCUT2D eigenvalue weighted by atomic mass is 35.5. The third-order valence-corrected chi connectivity index (χ3v) is 2.41. The fourth-order valence-electron chi connectivity index (χ4n) is 1.15. The average Bonchev–Trinajstić information content (AvgIpc) is 2.26. The second-order valence-electron chi connectivity index (χ2n) is 2.99. The molecule has 0 saturated heterocycles. The lowest BCUT2D eigenvalue weighted by molar-refractivity contribution is 0.470. The third-order valence-electron chi connectivity index (χ3n) is 1.89. The van der Waals surface area contributed by atoms with E-state index < -0.39 is 5.82 Å². The van der Waals surface area contributed by atoms with Gasteiger partial charge >= 0.3 is 0 Å². The van der Waals surface area contributed by atoms with E-state index in [0.717, 1.165) is 6.20 Å². The molecule has 0 aliphatic carbocycles. The van der Waals surface area contributed by atoms with E-state index in [1.807, 2.05) is 0 Å². The van der Waals surface area contributed by atoms with Gasteiger partial charge in [-0.3, -0.25) is 0 Å². The number of aromatic nitrogens is 2. The van der Waals surface area contributed by atoms with Gasteiger partial charge in [0.15, 0.2) is 16.7 Å². The van der Waals surface area contributed by atoms with Crippen molar-refractivity contribution in [2.24, 2.45) is 0 Å². The molecule has 3 nitrogen and oxygen atoms in total. The minimum Gasteiger partial charge on any atom is -0.504 e. The Morgan fingerprint density at radius 1 is 1.25 bits per heavy atom. The van der Waals surface area contributed by atoms with Gasteiger partial charge in [0.25, 0.3) is 0 Å². The standard InChI is InChI=1S/C10H5Cl2FN2O/c11-5-1-2-7(13)6(3-5)10-14-4-8(16)9(12)15-10/h1-4,16H. The summed E-state index contributed by atoms with van der Waals surface area (Å²) < 4.78 is 13.4. The van der Waals surface area contributed by atoms with Gasteiger partial charge in [0.2, 0.25) is 0 Å². The molecule has 1 N–H and O–H groups in total. The molecule has 2 rings (SSSR count). The van der Waals surface area contributed by atoms with E-state index in [0.29, 0.717) is 5.02 Å². The summed E-state index contributed by atoms with van der Waals surface area (Å²) in [7, 11) is 0. The minimum absolute atomic E-state index is 0.0720. The molecule has 82 valence electrons. The first-order valence-electron chi connectivity index (χ1n) is 4.25. The van der Waals surface area contributed by atoms with Crippen molar-refractivity contribution in [2.45, 2.75) is 0 Å². The van der Waals surface area contributed by atoms with Gasteiger partial charge in [0, 0.05) is 5.02 Å². The van der Waals surface area contributed by atoms with Crippen LogP contribution in [0.15, 0.2) is 24.4 Å². The zero-order valence-electron chi connectivity index (χ0n) is 7.78. The Bertz CT molecular complexity index is 548. The van der Waals surface area contributed by atoms with Crippen molar-refractivity contribution in [1.82, 2.24) is 9.97 Å². The van der Waals surface area contributed by atoms with Crippen molar-refractivity contribution in [3.05, 3.63) is 40.4 Å². The van der Waals surface area contributed by atoms with E-state index in [2.05, 4.69) is 9.97 Å². The van der Waals surface area contributed by atoms with E-state index in [9.17, 15) is 4.39 Å². The van der Waals surface area contributed by atoms with Crippen LogP contribution in [0.5, 0.6) is 5.75 Å². The van der Waals surface area contributed by atoms with Crippen LogP contribution in [-0.2, 0) is 0 Å². The number of halogens is 3. The van der Waals surface area contributed by atoms with Gasteiger partial charge in [-0.25, -0.2) is 14.4 Å². The van der Waals surface area contributed by atoms with Crippen molar-refractivity contribution < 1.29 is 9.50 Å². The zero-order valence-corrected chi connectivity index (χ0v) is 9.30. The molecule has 0 amide bonds. The van der Waals surface area contributed by atoms with Gasteiger partial charge in [-0.15, -0.1) is 0 Å². The first-order chi connectivity index (χ1) is 7.58. The molecule has 0 atom stereocenters. The van der Waals surface area contributed by atoms with Crippen LogP contribution in [0.1, 0.15) is 0 Å². The monoisotopic (exact) mass is 258 g/mol. The fourth-order valence-corrected chi connectivity index (χ4v) is 1.45. The van der Waals surface area contributed by atoms with Gasteiger partial charge < -0.3 is 5.11 Å². The van der Waals surface area contributed by atoms with Gasteiger partial charge in [0.05, 0.1) is 11.8 Å². The molecule has 16 heavy (non-hydrogen) atoms. The quantitative estimate of drug-likeness (QED) is 0.799. The molecule has 0 radical (unpaired) electrons. The summed E-state index contributed by atoms with van der Waals surface area (Å²) >= 11 is 11.3. The number of hydrogen-bond donors (Lipinski definition) is 1. The Morgan fingerprint density at radius 2 is 2.00 bits per heavy atom. The second kappa shape index (κ2) is 4.23. The summed E-state index contributed by atoms with van der Waals surface area (Å²) in [5.74, 6) is -0.693. The molecule has 0 saturated carbocycles. The number of nitrogens with zero attached hydrogens (tertiary/aromatic N) is 2. The molecule has 1 heterocycles. The van der Waals surface area contributed by atoms with Crippen molar-refractivity contribution >= 4 is 23.2 Å². The van der Waals surface area contributed by atoms with Crippen LogP contribution in [0.2, 0.25) is 10.2 Å². The first kappa shape index (κ1) is 11.1. The highest BCUT2D eigenvalue weighted by molar-refractivity contribution is 6.31. The molecule has 0 fully saturated rings. The molecule has 0 spiro atoms. The van der Waals surface area contributed by atoms with E-state index in [1.165, 1.54) is 18.2 Å². The van der Waals surface area contributed by atoms with Crippen molar-refractivity contribution in [1.29, 1.82) is 0 Å². The summed E-state index contributed by atoms with van der Waals surface area (Å²) in [4.78, 5) is 7.52. The lowest BCUT2D eigenvalue weighted by Gasteiger charge is -2.03. The minimum atomic E-state index is -0.508. The summed E-state index contributed by atoms with van der Waals surface area (Å²) in [5.41, 5.74) is 0.134. The van der Waals surface area contributed by atoms with E-state index in [-0.39, 0.29) is 22.3 Å². The predicted octanol–water partition coefficient (Wildman–Crippen LogP) is 3.30. The van der Waals surface area contributed by atoms with Gasteiger partial charge in [0.1, 0.15) is 5.82 Å². The van der Waals surface area contributed by atoms with Gasteiger partial charge in [-0.05, 0) is 18.2 Å². The fraction of sp³-hybridized carbons (Fsp3) is 0. The Morgan fingerprint density at radius 3 is 2.69 bits per heavy atom. The van der Waals surface area contributed by atoms with Crippen molar-refractivity contribution in [3.8, 4) is 17.1 Å². The Labute approximate surface area is 100 Å². The maximum atomic E-state index is 13.4. The van der Waals surface area contributed by atoms with Gasteiger partial charge in [-0.2, -0.15) is 0 Å². The molecule has 0 aliphatic rings. The molecule has 1 aromatic carbocycles. The highest BCUT2D eigenvalue weighted by Gasteiger charge is 2.11. The summed E-state index contributed by atoms with van der Waals surface area (Å²) in [6.45, 7) is 0. The predicted molar refractivity (Wildman–Crippen MR) is 59.1 cm³/mol. The zero-order chi connectivity index (χ0) is 11.7. The van der Waals surface area contributed by atoms with Crippen LogP contribution < -0.4 is 0 Å². The Kier molecular flexibility index (Phi) is 2.94. The van der Waals surface area contributed by atoms with Crippen LogP contribution in [0.4, 0.5) is 4.39 Å². The van der Waals surface area contributed by atoms with E-state index >= 15 is 0 Å². The van der Waals surface area contributed by atoms with Crippen LogP contribution >= 0.6 is 23.2 Å². The molecule has 1 aromatic heterocycles. The van der Waals surface area contributed by atoms with Crippen LogP contribution in [0, 0.1) is 5.82 Å². The van der Waals surface area contributed by atoms with E-state index in [4.69, 9.17) is 28.3 Å². The van der Waals surface area contributed by atoms with Gasteiger partial charge in [-0.1, -0.05) is 23.2 Å². The maximum absolute atomic E-state index is 13.4. The Hall–Kier alpha value is -1.39. The summed E-state index contributed by atoms with van der Waals surface area (Å²) in [6.07, 6.45) is 1.10. The number of aromatic hydroxyl groups is 1. The van der Waals surface area contributed by atoms with Crippen LogP contribution in [-0.4, -0.2) is 15.1 Å². The molecule has 0 bridgehead atoms. The smallest absolute Gasteiger partial charge is 0.174 e. The first-order valence-corrected chi connectivity index (χ1v) is 5.00. The molecule has 6 heteroatoms. The SMILES string of the molecule is Oc1cnc(-c2cc(Cl)ccc2F)nc1Cl. The Balaban J connectivity index is 2.58. The topological polar surface area (TPSA) is 46.0 Å². The average molecular weight is 259 g/mol. The number of benzene rings is 1. The van der Waals surface area contributed by atoms with Crippen molar-refractivity contribution in [3.63, 3.8) is 0 Å². The summed E-state index contributed by atoms with van der Waals surface area (Å²) in [5, 5.41) is 9.37. The number of rotatable bonds is 1. The largest absolute Gasteiger partial charge is 0.504 e. The van der Waals surface area contributed by atoms with Crippen LogP contribution in [0.3, 0.4) is 0 Å². The van der Waals surface area contributed by atoms with Crippen LogP contribution in [0.25, 0.3) is 11.4 Å². The maximum Gasteiger partial charge on any atom is 0.174 e. The molecular formula is C10H5Cl2FN2O. The lowest BCUT2D eigenvalue weighted by Crippen LogP contribution is -1.92. The van der Waals surface area contributed by atoms with Crippen molar-refractivity contribution in [2.75, 3.05) is 0 Å². The summed E-state index contributed by atoms with van der Waals surface area (Å²) in [6, 6.07) is 4.02. The second-order valence-corrected chi connectivity index (χ2v) is 3.79. The molecule has 0 unspecified atom stereocenters. The van der Waals surface area contributed by atoms with E-state index in [1.54, 1.807) is 0 Å².